The summed E-state index contributed by atoms with van der Waals surface area (Å²) in [5, 5.41) is 3.56. The molecular weight excluding hydrogens is 526 g/mol. The summed E-state index contributed by atoms with van der Waals surface area (Å²) in [7, 11) is -0.237. The van der Waals surface area contributed by atoms with Crippen molar-refractivity contribution in [1.82, 2.24) is 19.5 Å². The summed E-state index contributed by atoms with van der Waals surface area (Å²) in [5.74, 6) is -1.65. The van der Waals surface area contributed by atoms with Crippen molar-refractivity contribution in [3.8, 4) is 11.5 Å². The maximum Gasteiger partial charge on any atom is 0.573 e. The van der Waals surface area contributed by atoms with Crippen LogP contribution in [-0.4, -0.2) is 36.9 Å². The van der Waals surface area contributed by atoms with Crippen LogP contribution in [0, 0.1) is 0 Å². The number of rotatable bonds is 9. The van der Waals surface area contributed by atoms with E-state index in [2.05, 4.69) is 24.3 Å². The Bertz CT molecular complexity index is 1190. The van der Waals surface area contributed by atoms with E-state index in [0.717, 1.165) is 24.3 Å². The van der Waals surface area contributed by atoms with Crippen LogP contribution in [0.25, 0.3) is 0 Å². The van der Waals surface area contributed by atoms with Crippen LogP contribution in [0.3, 0.4) is 0 Å². The Morgan fingerprint density at radius 3 is 1.76 bits per heavy atom. The van der Waals surface area contributed by atoms with Gasteiger partial charge in [0.25, 0.3) is 0 Å². The fraction of sp³-hybridized carbons (Fsp3) is 0.391. The number of aryl methyl sites for hydroxylation is 1. The Morgan fingerprint density at radius 2 is 1.38 bits per heavy atom. The van der Waals surface area contributed by atoms with Gasteiger partial charge in [-0.1, -0.05) is 31.2 Å². The lowest BCUT2D eigenvalue weighted by Gasteiger charge is -2.41. The highest BCUT2D eigenvalue weighted by Crippen LogP contribution is 2.44. The van der Waals surface area contributed by atoms with Crippen molar-refractivity contribution in [1.29, 1.82) is 0 Å². The molecule has 0 aliphatic rings. The minimum absolute atomic E-state index is 0.128. The molecule has 14 heteroatoms. The van der Waals surface area contributed by atoms with Crippen molar-refractivity contribution in [3.63, 3.8) is 0 Å². The SMILES string of the molecule is CC(C)S(=O)NC(c1cccc(OC(F)(F)F)c1)(c1cccc(OC(F)(F)F)c1)C(C)c1ncnn1C. The maximum atomic E-state index is 13.2. The number of nitrogens with zero attached hydrogens (tertiary/aromatic N) is 3. The summed E-state index contributed by atoms with van der Waals surface area (Å²) in [5.41, 5.74) is -1.42. The minimum Gasteiger partial charge on any atom is -0.406 e. The summed E-state index contributed by atoms with van der Waals surface area (Å²) in [6.07, 6.45) is -8.74. The number of alkyl halides is 6. The zero-order valence-electron chi connectivity index (χ0n) is 20.1. The molecule has 2 unspecified atom stereocenters. The second kappa shape index (κ2) is 10.7. The van der Waals surface area contributed by atoms with Gasteiger partial charge in [-0.3, -0.25) is 4.68 Å². The molecule has 0 bridgehead atoms. The molecule has 3 aromatic rings. The largest absolute Gasteiger partial charge is 0.573 e. The van der Waals surface area contributed by atoms with Gasteiger partial charge in [0.2, 0.25) is 0 Å². The van der Waals surface area contributed by atoms with Crippen molar-refractivity contribution in [2.45, 2.75) is 50.2 Å². The Labute approximate surface area is 211 Å². The lowest BCUT2D eigenvalue weighted by molar-refractivity contribution is -0.275. The van der Waals surface area contributed by atoms with E-state index < -0.39 is 51.9 Å². The van der Waals surface area contributed by atoms with Crippen molar-refractivity contribution >= 4 is 11.0 Å². The van der Waals surface area contributed by atoms with Crippen molar-refractivity contribution < 1.29 is 40.0 Å². The summed E-state index contributed by atoms with van der Waals surface area (Å²) in [4.78, 5) is 4.24. The molecule has 0 fully saturated rings. The van der Waals surface area contributed by atoms with Crippen LogP contribution in [0.4, 0.5) is 26.3 Å². The van der Waals surface area contributed by atoms with E-state index in [1.807, 2.05) is 0 Å². The van der Waals surface area contributed by atoms with Crippen molar-refractivity contribution in [2.24, 2.45) is 7.05 Å². The predicted molar refractivity (Wildman–Crippen MR) is 123 cm³/mol. The van der Waals surface area contributed by atoms with Crippen molar-refractivity contribution in [3.05, 3.63) is 71.8 Å². The maximum absolute atomic E-state index is 13.2. The molecule has 0 radical (unpaired) electrons. The molecule has 7 nitrogen and oxygen atoms in total. The van der Waals surface area contributed by atoms with Gasteiger partial charge < -0.3 is 9.47 Å². The highest BCUT2D eigenvalue weighted by atomic mass is 32.2. The van der Waals surface area contributed by atoms with Crippen molar-refractivity contribution in [2.75, 3.05) is 0 Å². The van der Waals surface area contributed by atoms with Gasteiger partial charge in [0, 0.05) is 18.2 Å². The Balaban J connectivity index is 2.35. The number of halogens is 6. The molecule has 0 aliphatic heterocycles. The van der Waals surface area contributed by atoms with E-state index in [-0.39, 0.29) is 11.1 Å². The van der Waals surface area contributed by atoms with E-state index in [9.17, 15) is 30.6 Å². The number of nitrogens with one attached hydrogen (secondary N) is 1. The molecule has 0 spiro atoms. The molecule has 2 aromatic carbocycles. The van der Waals surface area contributed by atoms with Crippen LogP contribution < -0.4 is 14.2 Å². The van der Waals surface area contributed by atoms with E-state index in [4.69, 9.17) is 0 Å². The molecular formula is C23H24F6N4O3S. The zero-order valence-corrected chi connectivity index (χ0v) is 20.9. The first-order chi connectivity index (χ1) is 17.1. The number of benzene rings is 2. The average molecular weight is 551 g/mol. The van der Waals surface area contributed by atoms with Crippen LogP contribution in [0.2, 0.25) is 0 Å². The molecule has 0 amide bonds. The molecule has 1 aromatic heterocycles. The summed E-state index contributed by atoms with van der Waals surface area (Å²) in [6.45, 7) is 4.93. The summed E-state index contributed by atoms with van der Waals surface area (Å²) in [6, 6.07) is 9.84. The summed E-state index contributed by atoms with van der Waals surface area (Å²) < 4.78 is 104. The first-order valence-corrected chi connectivity index (χ1v) is 12.1. The van der Waals surface area contributed by atoms with Crippen LogP contribution in [0.15, 0.2) is 54.9 Å². The molecule has 202 valence electrons. The highest BCUT2D eigenvalue weighted by Gasteiger charge is 2.45. The number of hydrogen-bond acceptors (Lipinski definition) is 5. The fourth-order valence-corrected chi connectivity index (χ4v) is 4.88. The molecule has 0 aliphatic carbocycles. The van der Waals surface area contributed by atoms with Gasteiger partial charge in [-0.2, -0.15) is 5.10 Å². The van der Waals surface area contributed by atoms with Crippen LogP contribution in [-0.2, 0) is 23.6 Å². The molecule has 0 saturated heterocycles. The quantitative estimate of drug-likeness (QED) is 0.365. The van der Waals surface area contributed by atoms with E-state index >= 15 is 0 Å². The lowest BCUT2D eigenvalue weighted by Crippen LogP contribution is -2.50. The highest BCUT2D eigenvalue weighted by molar-refractivity contribution is 7.83. The monoisotopic (exact) mass is 550 g/mol. The number of hydrogen-bond donors (Lipinski definition) is 1. The Hall–Kier alpha value is -3.13. The Kier molecular flexibility index (Phi) is 8.22. The standard InChI is InChI=1S/C23H24F6N4O3S/c1-14(2)37(34)32-21(15(3)20-30-13-31-33(20)4,16-7-5-9-18(11-16)35-22(24,25)26)17-8-6-10-19(12-17)36-23(27,28)29/h5-15,32H,1-4H3. The summed E-state index contributed by atoms with van der Waals surface area (Å²) >= 11 is 0. The second-order valence-corrected chi connectivity index (χ2v) is 10.1. The normalized spacial score (nSPS) is 14.5. The molecule has 1 N–H and O–H groups in total. The van der Waals surface area contributed by atoms with Gasteiger partial charge >= 0.3 is 12.7 Å². The minimum atomic E-state index is -4.99. The average Bonchev–Trinajstić information content (AvgIpc) is 3.20. The predicted octanol–water partition coefficient (Wildman–Crippen LogP) is 5.32. The topological polar surface area (TPSA) is 78.3 Å². The molecule has 37 heavy (non-hydrogen) atoms. The third kappa shape index (κ3) is 6.80. The second-order valence-electron chi connectivity index (χ2n) is 8.37. The van der Waals surface area contributed by atoms with Gasteiger partial charge in [0.15, 0.2) is 0 Å². The lowest BCUT2D eigenvalue weighted by atomic mass is 9.74. The Morgan fingerprint density at radius 1 is 0.892 bits per heavy atom. The molecule has 1 heterocycles. The fourth-order valence-electron chi connectivity index (χ4n) is 3.92. The van der Waals surface area contributed by atoms with Crippen LogP contribution >= 0.6 is 0 Å². The molecule has 0 saturated carbocycles. The van der Waals surface area contributed by atoms with Gasteiger partial charge in [-0.15, -0.1) is 26.3 Å². The molecule has 2 atom stereocenters. The number of ether oxygens (including phenoxy) is 2. The van der Waals surface area contributed by atoms with E-state index in [1.54, 1.807) is 27.8 Å². The molecule has 3 rings (SSSR count). The van der Waals surface area contributed by atoms with E-state index in [0.29, 0.717) is 5.82 Å². The number of aromatic nitrogens is 3. The third-order valence-electron chi connectivity index (χ3n) is 5.52. The van der Waals surface area contributed by atoms with Crippen LogP contribution in [0.5, 0.6) is 11.5 Å². The van der Waals surface area contributed by atoms with Crippen LogP contribution in [0.1, 0.15) is 43.6 Å². The first kappa shape index (κ1) is 28.4. The van der Waals surface area contributed by atoms with Gasteiger partial charge in [0.05, 0.1) is 16.5 Å². The van der Waals surface area contributed by atoms with Gasteiger partial charge in [-0.25, -0.2) is 13.9 Å². The van der Waals surface area contributed by atoms with E-state index in [1.165, 1.54) is 35.3 Å². The third-order valence-corrected chi connectivity index (χ3v) is 6.90. The van der Waals surface area contributed by atoms with Gasteiger partial charge in [-0.05, 0) is 49.2 Å². The zero-order chi connectivity index (χ0) is 27.6. The smallest absolute Gasteiger partial charge is 0.406 e. The van der Waals surface area contributed by atoms with Gasteiger partial charge in [0.1, 0.15) is 23.7 Å². The first-order valence-electron chi connectivity index (χ1n) is 10.9.